The van der Waals surface area contributed by atoms with Gasteiger partial charge in [-0.2, -0.15) is 0 Å². The quantitative estimate of drug-likeness (QED) is 0.391. The second kappa shape index (κ2) is 8.71. The molecule has 0 unspecified atom stereocenters. The highest BCUT2D eigenvalue weighted by atomic mass is 16.5. The number of aromatic nitrogens is 2. The van der Waals surface area contributed by atoms with Crippen LogP contribution in [0.3, 0.4) is 0 Å². The van der Waals surface area contributed by atoms with Crippen molar-refractivity contribution in [1.82, 2.24) is 9.55 Å². The first-order valence-corrected chi connectivity index (χ1v) is 11.5. The second-order valence-electron chi connectivity index (χ2n) is 8.63. The van der Waals surface area contributed by atoms with Crippen molar-refractivity contribution < 1.29 is 9.53 Å². The average molecular weight is 453 g/mol. The Kier molecular flexibility index (Phi) is 5.57. The molecule has 6 heteroatoms. The van der Waals surface area contributed by atoms with E-state index < -0.39 is 0 Å². The molecule has 1 aliphatic heterocycles. The fourth-order valence-corrected chi connectivity index (χ4v) is 4.63. The minimum Gasteiger partial charge on any atom is -0.494 e. The molecule has 1 atom stereocenters. The van der Waals surface area contributed by atoms with Crippen molar-refractivity contribution in [3.63, 3.8) is 0 Å². The van der Waals surface area contributed by atoms with Gasteiger partial charge in [0.05, 0.1) is 29.3 Å². The maximum atomic E-state index is 13.8. The number of ether oxygens (including phenoxy) is 1. The van der Waals surface area contributed by atoms with Gasteiger partial charge in [0.2, 0.25) is 5.95 Å². The van der Waals surface area contributed by atoms with E-state index in [9.17, 15) is 4.79 Å². The molecule has 1 aliphatic rings. The molecule has 0 bridgehead atoms. The number of allylic oxidation sites excluding steroid dienone is 1. The topological polar surface area (TPSA) is 68.2 Å². The molecule has 6 nitrogen and oxygen atoms in total. The van der Waals surface area contributed by atoms with Gasteiger partial charge in [0, 0.05) is 11.4 Å². The molecule has 0 aliphatic carbocycles. The Morgan fingerprint density at radius 1 is 1.06 bits per heavy atom. The highest BCUT2D eigenvalue weighted by molar-refractivity contribution is 6.06. The number of fused-ring (bicyclic) bond motifs is 3. The van der Waals surface area contributed by atoms with E-state index in [2.05, 4.69) is 21.3 Å². The lowest BCUT2D eigenvalue weighted by Gasteiger charge is -2.31. The summed E-state index contributed by atoms with van der Waals surface area (Å²) >= 11 is 0. The molecule has 4 aromatic rings. The molecule has 34 heavy (non-hydrogen) atoms. The zero-order valence-electron chi connectivity index (χ0n) is 19.8. The Bertz CT molecular complexity index is 1420. The van der Waals surface area contributed by atoms with E-state index >= 15 is 0 Å². The summed E-state index contributed by atoms with van der Waals surface area (Å²) in [5.74, 6) is 1.39. The Balaban J connectivity index is 1.63. The van der Waals surface area contributed by atoms with Crippen molar-refractivity contribution in [2.45, 2.75) is 33.7 Å². The zero-order chi connectivity index (χ0) is 23.8. The molecule has 3 aromatic carbocycles. The van der Waals surface area contributed by atoms with Crippen LogP contribution in [-0.2, 0) is 4.79 Å². The highest BCUT2D eigenvalue weighted by Gasteiger charge is 2.34. The number of carbonyl (C=O) groups is 1. The number of carbonyl (C=O) groups excluding carboxylic acids is 1. The van der Waals surface area contributed by atoms with E-state index in [-0.39, 0.29) is 11.9 Å². The van der Waals surface area contributed by atoms with E-state index in [1.165, 1.54) is 0 Å². The summed E-state index contributed by atoms with van der Waals surface area (Å²) in [6, 6.07) is 21.6. The number of amides is 1. The third-order valence-corrected chi connectivity index (χ3v) is 6.21. The molecule has 0 saturated carbocycles. The molecular formula is C28H28N4O2. The first-order valence-electron chi connectivity index (χ1n) is 11.5. The molecule has 1 amide bonds. The summed E-state index contributed by atoms with van der Waals surface area (Å²) < 4.78 is 7.75. The Morgan fingerprint density at radius 3 is 2.56 bits per heavy atom. The van der Waals surface area contributed by atoms with Crippen LogP contribution in [0.2, 0.25) is 0 Å². The molecule has 2 heterocycles. The zero-order valence-corrected chi connectivity index (χ0v) is 19.8. The fourth-order valence-electron chi connectivity index (χ4n) is 4.63. The lowest BCUT2D eigenvalue weighted by Crippen LogP contribution is -2.31. The van der Waals surface area contributed by atoms with E-state index in [0.717, 1.165) is 50.8 Å². The SMILES string of the molecule is CCOc1ccc([C@H]2C(C(=O)Nc3ccc(C)cc3C)=C(C)Nc3nc4ccccc4n32)cc1. The Morgan fingerprint density at radius 2 is 1.82 bits per heavy atom. The van der Waals surface area contributed by atoms with E-state index in [1.54, 1.807) is 0 Å². The maximum absolute atomic E-state index is 13.8. The van der Waals surface area contributed by atoms with Crippen LogP contribution in [-0.4, -0.2) is 22.1 Å². The van der Waals surface area contributed by atoms with Crippen molar-refractivity contribution in [2.75, 3.05) is 17.2 Å². The molecule has 5 rings (SSSR count). The number of aryl methyl sites for hydroxylation is 2. The fraction of sp³-hybridized carbons (Fsp3) is 0.214. The van der Waals surface area contributed by atoms with Gasteiger partial charge in [-0.25, -0.2) is 4.98 Å². The van der Waals surface area contributed by atoms with E-state index in [1.807, 2.05) is 88.4 Å². The van der Waals surface area contributed by atoms with E-state index in [0.29, 0.717) is 12.2 Å². The number of rotatable bonds is 5. The van der Waals surface area contributed by atoms with Gasteiger partial charge < -0.3 is 15.4 Å². The minimum absolute atomic E-state index is 0.140. The summed E-state index contributed by atoms with van der Waals surface area (Å²) in [5, 5.41) is 6.51. The standard InChI is InChI=1S/C28H28N4O2/c1-5-34-21-13-11-20(12-14-21)26-25(27(33)30-22-15-10-17(2)16-18(22)3)19(4)29-28-31-23-8-6-7-9-24(23)32(26)28/h6-16,26H,5H2,1-4H3,(H,29,31)(H,30,33)/t26-/m0/s1. The van der Waals surface area contributed by atoms with Crippen molar-refractivity contribution in [3.05, 3.63) is 94.7 Å². The number of nitrogens with zero attached hydrogens (tertiary/aromatic N) is 2. The third kappa shape index (κ3) is 3.81. The summed E-state index contributed by atoms with van der Waals surface area (Å²) in [6.07, 6.45) is 0. The minimum atomic E-state index is -0.343. The van der Waals surface area contributed by atoms with Crippen molar-refractivity contribution in [3.8, 4) is 5.75 Å². The van der Waals surface area contributed by atoms with Crippen LogP contribution in [0.25, 0.3) is 11.0 Å². The molecule has 2 N–H and O–H groups in total. The number of anilines is 2. The summed E-state index contributed by atoms with van der Waals surface area (Å²) in [5.41, 5.74) is 7.26. The lowest BCUT2D eigenvalue weighted by molar-refractivity contribution is -0.113. The van der Waals surface area contributed by atoms with Crippen LogP contribution < -0.4 is 15.4 Å². The van der Waals surface area contributed by atoms with Crippen molar-refractivity contribution >= 4 is 28.6 Å². The van der Waals surface area contributed by atoms with Crippen molar-refractivity contribution in [1.29, 1.82) is 0 Å². The van der Waals surface area contributed by atoms with Gasteiger partial charge >= 0.3 is 0 Å². The smallest absolute Gasteiger partial charge is 0.255 e. The van der Waals surface area contributed by atoms with Crippen LogP contribution in [0.15, 0.2) is 78.0 Å². The van der Waals surface area contributed by atoms with Gasteiger partial charge in [0.25, 0.3) is 5.91 Å². The van der Waals surface area contributed by atoms with Crippen LogP contribution in [0.1, 0.15) is 36.6 Å². The second-order valence-corrected chi connectivity index (χ2v) is 8.63. The van der Waals surface area contributed by atoms with Crippen LogP contribution in [0.4, 0.5) is 11.6 Å². The molecule has 0 radical (unpaired) electrons. The number of hydrogen-bond donors (Lipinski definition) is 2. The molecule has 172 valence electrons. The van der Waals surface area contributed by atoms with Gasteiger partial charge in [0.15, 0.2) is 0 Å². The number of benzene rings is 3. The van der Waals surface area contributed by atoms with Crippen LogP contribution in [0, 0.1) is 13.8 Å². The molecule has 0 fully saturated rings. The normalized spacial score (nSPS) is 15.1. The average Bonchev–Trinajstić information content (AvgIpc) is 3.18. The molecule has 1 aromatic heterocycles. The van der Waals surface area contributed by atoms with E-state index in [4.69, 9.17) is 9.72 Å². The van der Waals surface area contributed by atoms with Crippen LogP contribution >= 0.6 is 0 Å². The number of hydrogen-bond acceptors (Lipinski definition) is 4. The number of imidazole rings is 1. The monoisotopic (exact) mass is 452 g/mol. The molecule has 0 spiro atoms. The first-order chi connectivity index (χ1) is 16.5. The van der Waals surface area contributed by atoms with Crippen molar-refractivity contribution in [2.24, 2.45) is 0 Å². The summed E-state index contributed by atoms with van der Waals surface area (Å²) in [6.45, 7) is 8.55. The largest absolute Gasteiger partial charge is 0.494 e. The predicted octanol–water partition coefficient (Wildman–Crippen LogP) is 5.98. The van der Waals surface area contributed by atoms with Gasteiger partial charge in [-0.1, -0.05) is 42.0 Å². The molecular weight excluding hydrogens is 424 g/mol. The van der Waals surface area contributed by atoms with Gasteiger partial charge in [0.1, 0.15) is 5.75 Å². The van der Waals surface area contributed by atoms with Crippen LogP contribution in [0.5, 0.6) is 5.75 Å². The van der Waals surface area contributed by atoms with Gasteiger partial charge in [-0.15, -0.1) is 0 Å². The molecule has 0 saturated heterocycles. The highest BCUT2D eigenvalue weighted by Crippen LogP contribution is 2.40. The van der Waals surface area contributed by atoms with Gasteiger partial charge in [-0.3, -0.25) is 9.36 Å². The third-order valence-electron chi connectivity index (χ3n) is 6.21. The summed E-state index contributed by atoms with van der Waals surface area (Å²) in [4.78, 5) is 18.6. The van der Waals surface area contributed by atoms with Gasteiger partial charge in [-0.05, 0) is 69.2 Å². The Hall–Kier alpha value is -4.06. The number of para-hydroxylation sites is 2. The summed E-state index contributed by atoms with van der Waals surface area (Å²) in [7, 11) is 0. The predicted molar refractivity (Wildman–Crippen MR) is 136 cm³/mol. The first kappa shape index (κ1) is 21.8. The number of nitrogens with one attached hydrogen (secondary N) is 2. The maximum Gasteiger partial charge on any atom is 0.255 e. The Labute approximate surface area is 199 Å². The lowest BCUT2D eigenvalue weighted by atomic mass is 9.94.